The molecule has 2 N–H and O–H groups in total. The highest BCUT2D eigenvalue weighted by atomic mass is 79.9. The highest BCUT2D eigenvalue weighted by Crippen LogP contribution is 2.23. The van der Waals surface area contributed by atoms with Gasteiger partial charge in [0.15, 0.2) is 0 Å². The lowest BCUT2D eigenvalue weighted by molar-refractivity contribution is 0.0148. The molecule has 90 valence electrons. The Kier molecular flexibility index (Phi) is 5.76. The van der Waals surface area contributed by atoms with Gasteiger partial charge in [0.25, 0.3) is 0 Å². The van der Waals surface area contributed by atoms with E-state index in [9.17, 15) is 10.2 Å². The first-order chi connectivity index (χ1) is 7.54. The standard InChI is InChI=1S/C12H16BrClO2/c1-2-3-11(15)12(16)6-8-4-5-9(13)7-10(8)14/h4-5,7,11-12,15-16H,2-3,6H2,1H3. The number of hydrogen-bond acceptors (Lipinski definition) is 2. The molecule has 2 unspecified atom stereocenters. The zero-order valence-electron chi connectivity index (χ0n) is 9.16. The van der Waals surface area contributed by atoms with Gasteiger partial charge in [0.2, 0.25) is 0 Å². The largest absolute Gasteiger partial charge is 0.390 e. The Balaban J connectivity index is 2.65. The summed E-state index contributed by atoms with van der Waals surface area (Å²) >= 11 is 9.35. The van der Waals surface area contributed by atoms with Gasteiger partial charge < -0.3 is 10.2 Å². The maximum Gasteiger partial charge on any atom is 0.0839 e. The summed E-state index contributed by atoms with van der Waals surface area (Å²) in [6, 6.07) is 5.52. The normalized spacial score (nSPS) is 14.8. The minimum atomic E-state index is -0.751. The average Bonchev–Trinajstić information content (AvgIpc) is 2.22. The summed E-state index contributed by atoms with van der Waals surface area (Å²) in [7, 11) is 0. The lowest BCUT2D eigenvalue weighted by atomic mass is 10.0. The molecule has 1 rings (SSSR count). The van der Waals surface area contributed by atoms with E-state index in [1.165, 1.54) is 0 Å². The summed E-state index contributed by atoms with van der Waals surface area (Å²) in [4.78, 5) is 0. The van der Waals surface area contributed by atoms with Gasteiger partial charge in [0.05, 0.1) is 12.2 Å². The molecule has 0 spiro atoms. The van der Waals surface area contributed by atoms with Crippen molar-refractivity contribution in [1.82, 2.24) is 0 Å². The van der Waals surface area contributed by atoms with Crippen molar-refractivity contribution in [2.45, 2.75) is 38.4 Å². The molecular formula is C12H16BrClO2. The number of aliphatic hydroxyl groups is 2. The highest BCUT2D eigenvalue weighted by Gasteiger charge is 2.16. The Morgan fingerprint density at radius 2 is 2.00 bits per heavy atom. The number of aliphatic hydroxyl groups excluding tert-OH is 2. The second-order valence-electron chi connectivity index (χ2n) is 3.86. The van der Waals surface area contributed by atoms with E-state index in [2.05, 4.69) is 15.9 Å². The van der Waals surface area contributed by atoms with E-state index in [0.29, 0.717) is 17.9 Å². The van der Waals surface area contributed by atoms with Crippen LogP contribution in [0.5, 0.6) is 0 Å². The third kappa shape index (κ3) is 4.06. The van der Waals surface area contributed by atoms with Gasteiger partial charge >= 0.3 is 0 Å². The van der Waals surface area contributed by atoms with Crippen molar-refractivity contribution in [3.8, 4) is 0 Å². The van der Waals surface area contributed by atoms with Gasteiger partial charge in [-0.25, -0.2) is 0 Å². The fourth-order valence-electron chi connectivity index (χ4n) is 1.54. The minimum absolute atomic E-state index is 0.382. The van der Waals surface area contributed by atoms with Gasteiger partial charge in [-0.05, 0) is 24.1 Å². The van der Waals surface area contributed by atoms with Crippen molar-refractivity contribution in [3.63, 3.8) is 0 Å². The van der Waals surface area contributed by atoms with Crippen LogP contribution in [0.25, 0.3) is 0 Å². The first-order valence-electron chi connectivity index (χ1n) is 5.34. The summed E-state index contributed by atoms with van der Waals surface area (Å²) in [5, 5.41) is 20.0. The Hall–Kier alpha value is -0.0900. The van der Waals surface area contributed by atoms with Crippen LogP contribution < -0.4 is 0 Å². The van der Waals surface area contributed by atoms with Crippen LogP contribution in [0.4, 0.5) is 0 Å². The first-order valence-corrected chi connectivity index (χ1v) is 6.51. The second kappa shape index (κ2) is 6.60. The van der Waals surface area contributed by atoms with Gasteiger partial charge in [-0.15, -0.1) is 0 Å². The van der Waals surface area contributed by atoms with Crippen LogP contribution in [-0.2, 0) is 6.42 Å². The fourth-order valence-corrected chi connectivity index (χ4v) is 2.29. The van der Waals surface area contributed by atoms with Gasteiger partial charge in [-0.1, -0.05) is 46.9 Å². The van der Waals surface area contributed by atoms with E-state index in [0.717, 1.165) is 16.5 Å². The Morgan fingerprint density at radius 3 is 2.56 bits per heavy atom. The van der Waals surface area contributed by atoms with Crippen molar-refractivity contribution in [3.05, 3.63) is 33.3 Å². The maximum atomic E-state index is 9.78. The van der Waals surface area contributed by atoms with Crippen LogP contribution in [0.2, 0.25) is 5.02 Å². The number of hydrogen-bond donors (Lipinski definition) is 2. The molecule has 1 aromatic carbocycles. The topological polar surface area (TPSA) is 40.5 Å². The molecule has 0 fully saturated rings. The average molecular weight is 308 g/mol. The van der Waals surface area contributed by atoms with Crippen LogP contribution in [0.3, 0.4) is 0 Å². The van der Waals surface area contributed by atoms with Crippen LogP contribution >= 0.6 is 27.5 Å². The predicted molar refractivity (Wildman–Crippen MR) is 69.8 cm³/mol. The second-order valence-corrected chi connectivity index (χ2v) is 5.19. The first kappa shape index (κ1) is 14.0. The van der Waals surface area contributed by atoms with Crippen LogP contribution in [0.15, 0.2) is 22.7 Å². The van der Waals surface area contributed by atoms with E-state index >= 15 is 0 Å². The van der Waals surface area contributed by atoms with Crippen molar-refractivity contribution in [2.24, 2.45) is 0 Å². The summed E-state index contributed by atoms with van der Waals surface area (Å²) in [5.74, 6) is 0. The van der Waals surface area contributed by atoms with Crippen molar-refractivity contribution >= 4 is 27.5 Å². The molecule has 0 radical (unpaired) electrons. The Morgan fingerprint density at radius 1 is 1.31 bits per heavy atom. The molecule has 0 heterocycles. The summed E-state index contributed by atoms with van der Waals surface area (Å²) in [5.41, 5.74) is 0.854. The van der Waals surface area contributed by atoms with Gasteiger partial charge in [0, 0.05) is 15.9 Å². The lowest BCUT2D eigenvalue weighted by Gasteiger charge is -2.17. The predicted octanol–water partition coefficient (Wildman–Crippen LogP) is 3.17. The minimum Gasteiger partial charge on any atom is -0.390 e. The molecule has 0 saturated carbocycles. The van der Waals surface area contributed by atoms with Crippen LogP contribution in [0.1, 0.15) is 25.3 Å². The quantitative estimate of drug-likeness (QED) is 0.877. The lowest BCUT2D eigenvalue weighted by Crippen LogP contribution is -2.27. The van der Waals surface area contributed by atoms with E-state index in [1.54, 1.807) is 6.07 Å². The molecule has 0 aliphatic rings. The third-order valence-corrected chi connectivity index (χ3v) is 3.32. The van der Waals surface area contributed by atoms with E-state index < -0.39 is 12.2 Å². The monoisotopic (exact) mass is 306 g/mol. The molecule has 16 heavy (non-hydrogen) atoms. The maximum absolute atomic E-state index is 9.78. The molecule has 0 aromatic heterocycles. The van der Waals surface area contributed by atoms with Crippen LogP contribution in [0, 0.1) is 0 Å². The van der Waals surface area contributed by atoms with Crippen molar-refractivity contribution in [1.29, 1.82) is 0 Å². The molecule has 0 saturated heterocycles. The van der Waals surface area contributed by atoms with Crippen molar-refractivity contribution in [2.75, 3.05) is 0 Å². The molecule has 0 amide bonds. The molecule has 0 bridgehead atoms. The molecule has 1 aromatic rings. The van der Waals surface area contributed by atoms with Gasteiger partial charge in [-0.2, -0.15) is 0 Å². The zero-order chi connectivity index (χ0) is 12.1. The van der Waals surface area contributed by atoms with E-state index in [-0.39, 0.29) is 0 Å². The summed E-state index contributed by atoms with van der Waals surface area (Å²) in [6.07, 6.45) is 0.415. The Labute approximate surface area is 109 Å². The zero-order valence-corrected chi connectivity index (χ0v) is 11.5. The molecule has 4 heteroatoms. The Bertz CT molecular complexity index is 344. The van der Waals surface area contributed by atoms with E-state index in [4.69, 9.17) is 11.6 Å². The SMILES string of the molecule is CCCC(O)C(O)Cc1ccc(Br)cc1Cl. The van der Waals surface area contributed by atoms with Gasteiger partial charge in [0.1, 0.15) is 0 Å². The van der Waals surface area contributed by atoms with E-state index in [1.807, 2.05) is 19.1 Å². The smallest absolute Gasteiger partial charge is 0.0839 e. The molecule has 2 nitrogen and oxygen atoms in total. The third-order valence-electron chi connectivity index (χ3n) is 2.47. The number of benzene rings is 1. The summed E-state index contributed by atoms with van der Waals surface area (Å²) in [6.45, 7) is 1.97. The fraction of sp³-hybridized carbons (Fsp3) is 0.500. The molecule has 0 aliphatic carbocycles. The van der Waals surface area contributed by atoms with Gasteiger partial charge in [-0.3, -0.25) is 0 Å². The number of rotatable bonds is 5. The van der Waals surface area contributed by atoms with Crippen LogP contribution in [-0.4, -0.2) is 22.4 Å². The molecule has 2 atom stereocenters. The highest BCUT2D eigenvalue weighted by molar-refractivity contribution is 9.10. The molecule has 0 aliphatic heterocycles. The summed E-state index contributed by atoms with van der Waals surface area (Å²) < 4.78 is 0.907. The number of halogens is 2. The van der Waals surface area contributed by atoms with Crippen molar-refractivity contribution < 1.29 is 10.2 Å². The molecular weight excluding hydrogens is 291 g/mol.